The summed E-state index contributed by atoms with van der Waals surface area (Å²) in [5.41, 5.74) is 4.30. The number of rotatable bonds is 6. The number of likely N-dealkylation sites (N-methyl/N-ethyl adjacent to an activating group) is 1. The van der Waals surface area contributed by atoms with Crippen LogP contribution in [0.25, 0.3) is 6.08 Å². The Hall–Kier alpha value is -2.59. The van der Waals surface area contributed by atoms with Crippen LogP contribution in [-0.2, 0) is 4.79 Å². The minimum Gasteiger partial charge on any atom is -0.497 e. The molecule has 3 rings (SSSR count). The number of nitrogens with zero attached hydrogens (tertiary/aromatic N) is 1. The Morgan fingerprint density at radius 2 is 1.96 bits per heavy atom. The van der Waals surface area contributed by atoms with Crippen LogP contribution in [0.5, 0.6) is 5.75 Å². The van der Waals surface area contributed by atoms with Gasteiger partial charge in [-0.05, 0) is 49.0 Å². The summed E-state index contributed by atoms with van der Waals surface area (Å²) in [5, 5.41) is 3.12. The van der Waals surface area contributed by atoms with E-state index in [1.165, 1.54) is 5.56 Å². The number of carbonyl (C=O) groups excluding carboxylic acids is 1. The first-order valence-electron chi connectivity index (χ1n) is 8.90. The molecule has 0 spiro atoms. The molecule has 2 atom stereocenters. The van der Waals surface area contributed by atoms with Crippen molar-refractivity contribution in [2.45, 2.75) is 18.9 Å². The van der Waals surface area contributed by atoms with E-state index in [2.05, 4.69) is 35.3 Å². The van der Waals surface area contributed by atoms with E-state index in [1.807, 2.05) is 50.5 Å². The highest BCUT2D eigenvalue weighted by molar-refractivity contribution is 6.01. The van der Waals surface area contributed by atoms with Crippen molar-refractivity contribution in [3.8, 4) is 5.75 Å². The summed E-state index contributed by atoms with van der Waals surface area (Å²) in [7, 11) is 5.70. The lowest BCUT2D eigenvalue weighted by atomic mass is 9.97. The van der Waals surface area contributed by atoms with E-state index >= 15 is 0 Å². The standard InChI is InChI=1S/C22H26N2O2/c1-15-19-11-6-5-8-16(19)13-20(15)22(25)23-14-21(24(2)3)17-9-7-10-18(12-17)26-4/h5-13,15,21H,14H2,1-4H3,(H,23,25)/t15-,21+/m1/s1. The Kier molecular flexibility index (Phi) is 5.43. The van der Waals surface area contributed by atoms with Crippen LogP contribution in [0.4, 0.5) is 0 Å². The van der Waals surface area contributed by atoms with Crippen LogP contribution in [0.1, 0.15) is 35.6 Å². The minimum atomic E-state index is 0.00319. The molecule has 0 bridgehead atoms. The van der Waals surface area contributed by atoms with Crippen LogP contribution in [0.2, 0.25) is 0 Å². The van der Waals surface area contributed by atoms with E-state index in [0.29, 0.717) is 6.54 Å². The van der Waals surface area contributed by atoms with Crippen LogP contribution in [0.15, 0.2) is 54.1 Å². The summed E-state index contributed by atoms with van der Waals surface area (Å²) in [4.78, 5) is 14.9. The molecule has 2 aromatic rings. The first-order chi connectivity index (χ1) is 12.5. The van der Waals surface area contributed by atoms with Crippen LogP contribution in [0.3, 0.4) is 0 Å². The molecule has 0 radical (unpaired) electrons. The van der Waals surface area contributed by atoms with E-state index in [0.717, 1.165) is 22.4 Å². The number of methoxy groups -OCH3 is 1. The number of ether oxygens (including phenoxy) is 1. The summed E-state index contributed by atoms with van der Waals surface area (Å²) >= 11 is 0. The molecule has 1 N–H and O–H groups in total. The minimum absolute atomic E-state index is 0.00319. The Labute approximate surface area is 155 Å². The normalized spacial score (nSPS) is 16.8. The SMILES string of the molecule is COc1cccc([C@H](CNC(=O)C2=Cc3ccccc3[C@H]2C)N(C)C)c1. The van der Waals surface area contributed by atoms with E-state index in [9.17, 15) is 4.79 Å². The second kappa shape index (κ2) is 7.75. The van der Waals surface area contributed by atoms with Gasteiger partial charge in [-0.3, -0.25) is 4.79 Å². The van der Waals surface area contributed by atoms with Gasteiger partial charge in [0.15, 0.2) is 0 Å². The molecule has 0 fully saturated rings. The van der Waals surface area contributed by atoms with Crippen molar-refractivity contribution in [3.05, 3.63) is 70.8 Å². The number of hydrogen-bond acceptors (Lipinski definition) is 3. The van der Waals surface area contributed by atoms with Crippen molar-refractivity contribution in [2.24, 2.45) is 0 Å². The number of hydrogen-bond donors (Lipinski definition) is 1. The average Bonchev–Trinajstić information content (AvgIpc) is 2.99. The fourth-order valence-corrected chi connectivity index (χ4v) is 3.50. The Balaban J connectivity index is 1.71. The number of fused-ring (bicyclic) bond motifs is 1. The molecule has 0 saturated heterocycles. The first kappa shape index (κ1) is 18.2. The van der Waals surface area contributed by atoms with Gasteiger partial charge in [0, 0.05) is 18.0 Å². The van der Waals surface area contributed by atoms with Crippen LogP contribution in [0, 0.1) is 0 Å². The zero-order valence-corrected chi connectivity index (χ0v) is 15.8. The zero-order chi connectivity index (χ0) is 18.7. The lowest BCUT2D eigenvalue weighted by Gasteiger charge is -2.26. The van der Waals surface area contributed by atoms with Gasteiger partial charge in [0.2, 0.25) is 5.91 Å². The van der Waals surface area contributed by atoms with Gasteiger partial charge in [-0.1, -0.05) is 43.3 Å². The average molecular weight is 350 g/mol. The molecule has 1 aliphatic carbocycles. The number of benzene rings is 2. The molecule has 0 saturated carbocycles. The summed E-state index contributed by atoms with van der Waals surface area (Å²) in [6.07, 6.45) is 2.01. The van der Waals surface area contributed by atoms with E-state index in [4.69, 9.17) is 4.74 Å². The monoisotopic (exact) mass is 350 g/mol. The molecule has 0 aromatic heterocycles. The fraction of sp³-hybridized carbons (Fsp3) is 0.318. The first-order valence-corrected chi connectivity index (χ1v) is 8.90. The number of amides is 1. The van der Waals surface area contributed by atoms with Gasteiger partial charge < -0.3 is 15.0 Å². The quantitative estimate of drug-likeness (QED) is 0.865. The van der Waals surface area contributed by atoms with Crippen molar-refractivity contribution < 1.29 is 9.53 Å². The van der Waals surface area contributed by atoms with Gasteiger partial charge in [-0.15, -0.1) is 0 Å². The van der Waals surface area contributed by atoms with E-state index in [1.54, 1.807) is 7.11 Å². The maximum absolute atomic E-state index is 12.8. The second-order valence-corrected chi connectivity index (χ2v) is 6.92. The molecule has 2 aromatic carbocycles. The van der Waals surface area contributed by atoms with Crippen molar-refractivity contribution >= 4 is 12.0 Å². The maximum Gasteiger partial charge on any atom is 0.247 e. The number of carbonyl (C=O) groups is 1. The van der Waals surface area contributed by atoms with Gasteiger partial charge in [0.25, 0.3) is 0 Å². The Morgan fingerprint density at radius 3 is 2.65 bits per heavy atom. The molecule has 136 valence electrons. The molecule has 0 aliphatic heterocycles. The zero-order valence-electron chi connectivity index (χ0n) is 15.8. The van der Waals surface area contributed by atoms with Crippen LogP contribution < -0.4 is 10.1 Å². The largest absolute Gasteiger partial charge is 0.497 e. The predicted octanol–water partition coefficient (Wildman–Crippen LogP) is 3.61. The van der Waals surface area contributed by atoms with Crippen LogP contribution >= 0.6 is 0 Å². The maximum atomic E-state index is 12.8. The molecule has 1 amide bonds. The molecule has 4 nitrogen and oxygen atoms in total. The highest BCUT2D eigenvalue weighted by Crippen LogP contribution is 2.35. The van der Waals surface area contributed by atoms with Crippen molar-refractivity contribution in [3.63, 3.8) is 0 Å². The summed E-state index contributed by atoms with van der Waals surface area (Å²) in [5.74, 6) is 0.951. The van der Waals surface area contributed by atoms with Crippen molar-refractivity contribution in [2.75, 3.05) is 27.7 Å². The van der Waals surface area contributed by atoms with Gasteiger partial charge in [-0.25, -0.2) is 0 Å². The third kappa shape index (κ3) is 3.65. The molecule has 26 heavy (non-hydrogen) atoms. The Morgan fingerprint density at radius 1 is 1.19 bits per heavy atom. The fourth-order valence-electron chi connectivity index (χ4n) is 3.50. The van der Waals surface area contributed by atoms with Gasteiger partial charge in [0.05, 0.1) is 13.2 Å². The predicted molar refractivity (Wildman–Crippen MR) is 105 cm³/mol. The number of nitrogens with one attached hydrogen (secondary N) is 1. The van der Waals surface area contributed by atoms with E-state index in [-0.39, 0.29) is 17.9 Å². The van der Waals surface area contributed by atoms with Gasteiger partial charge in [0.1, 0.15) is 5.75 Å². The molecular weight excluding hydrogens is 324 g/mol. The molecule has 0 unspecified atom stereocenters. The van der Waals surface area contributed by atoms with Crippen molar-refractivity contribution in [1.29, 1.82) is 0 Å². The molecule has 0 heterocycles. The summed E-state index contributed by atoms with van der Waals surface area (Å²) < 4.78 is 5.33. The summed E-state index contributed by atoms with van der Waals surface area (Å²) in [6, 6.07) is 16.2. The lowest BCUT2D eigenvalue weighted by Crippen LogP contribution is -2.35. The van der Waals surface area contributed by atoms with Gasteiger partial charge in [-0.2, -0.15) is 0 Å². The van der Waals surface area contributed by atoms with Crippen LogP contribution in [-0.4, -0.2) is 38.6 Å². The third-order valence-electron chi connectivity index (χ3n) is 5.06. The van der Waals surface area contributed by atoms with Crippen molar-refractivity contribution in [1.82, 2.24) is 10.2 Å². The molecule has 4 heteroatoms. The molecular formula is C22H26N2O2. The highest BCUT2D eigenvalue weighted by atomic mass is 16.5. The highest BCUT2D eigenvalue weighted by Gasteiger charge is 2.26. The lowest BCUT2D eigenvalue weighted by molar-refractivity contribution is -0.117. The second-order valence-electron chi connectivity index (χ2n) is 6.92. The van der Waals surface area contributed by atoms with E-state index < -0.39 is 0 Å². The smallest absolute Gasteiger partial charge is 0.247 e. The van der Waals surface area contributed by atoms with Gasteiger partial charge >= 0.3 is 0 Å². The topological polar surface area (TPSA) is 41.6 Å². The Bertz CT molecular complexity index is 826. The molecule has 1 aliphatic rings. The summed E-state index contributed by atoms with van der Waals surface area (Å²) in [6.45, 7) is 2.63. The third-order valence-corrected chi connectivity index (χ3v) is 5.06.